The molecule has 7 heteroatoms. The summed E-state index contributed by atoms with van der Waals surface area (Å²) >= 11 is 1.70. The van der Waals surface area contributed by atoms with Crippen molar-refractivity contribution >= 4 is 28.7 Å². The molecule has 1 saturated heterocycles. The summed E-state index contributed by atoms with van der Waals surface area (Å²) in [5.41, 5.74) is 2.80. The molecule has 0 atom stereocenters. The third kappa shape index (κ3) is 4.04. The first-order valence-electron chi connectivity index (χ1n) is 9.52. The predicted octanol–water partition coefficient (Wildman–Crippen LogP) is 3.60. The smallest absolute Gasteiger partial charge is 0.251 e. The van der Waals surface area contributed by atoms with Gasteiger partial charge in [-0.05, 0) is 42.5 Å². The number of thiophene rings is 1. The van der Waals surface area contributed by atoms with Gasteiger partial charge in [0.05, 0.1) is 10.6 Å². The highest BCUT2D eigenvalue weighted by atomic mass is 32.1. The molecule has 2 N–H and O–H groups in total. The molecule has 0 bridgehead atoms. The second-order valence-corrected chi connectivity index (χ2v) is 8.24. The Bertz CT molecular complexity index is 926. The Kier molecular flexibility index (Phi) is 5.34. The molecule has 28 heavy (non-hydrogen) atoms. The lowest BCUT2D eigenvalue weighted by atomic mass is 10.0. The number of carbonyl (C=O) groups excluding carboxylic acids is 1. The maximum Gasteiger partial charge on any atom is 0.251 e. The quantitative estimate of drug-likeness (QED) is 0.693. The molecule has 0 radical (unpaired) electrons. The van der Waals surface area contributed by atoms with Crippen LogP contribution in [0.1, 0.15) is 23.2 Å². The van der Waals surface area contributed by atoms with E-state index in [1.807, 2.05) is 49.3 Å². The van der Waals surface area contributed by atoms with Crippen LogP contribution in [0.3, 0.4) is 0 Å². The molecule has 3 heterocycles. The third-order valence-corrected chi connectivity index (χ3v) is 6.03. The number of hydrogen-bond donors (Lipinski definition) is 2. The van der Waals surface area contributed by atoms with Crippen LogP contribution >= 0.6 is 11.3 Å². The molecule has 6 nitrogen and oxygen atoms in total. The molecule has 1 aliphatic rings. The van der Waals surface area contributed by atoms with E-state index in [4.69, 9.17) is 0 Å². The summed E-state index contributed by atoms with van der Waals surface area (Å²) in [6.45, 7) is 1.77. The lowest BCUT2D eigenvalue weighted by molar-refractivity contribution is 0.0931. The molecule has 1 fully saturated rings. The summed E-state index contributed by atoms with van der Waals surface area (Å²) in [6.07, 6.45) is 1.83. The van der Waals surface area contributed by atoms with Crippen LogP contribution in [0.4, 0.5) is 11.5 Å². The van der Waals surface area contributed by atoms with E-state index >= 15 is 0 Å². The summed E-state index contributed by atoms with van der Waals surface area (Å²) in [6, 6.07) is 14.2. The maximum atomic E-state index is 12.6. The van der Waals surface area contributed by atoms with Gasteiger partial charge in [0.1, 0.15) is 0 Å². The molecule has 1 amide bonds. The number of amides is 1. The van der Waals surface area contributed by atoms with Gasteiger partial charge in [-0.15, -0.1) is 11.3 Å². The summed E-state index contributed by atoms with van der Waals surface area (Å²) < 4.78 is 0. The maximum absolute atomic E-state index is 12.6. The van der Waals surface area contributed by atoms with Gasteiger partial charge in [-0.1, -0.05) is 12.1 Å². The number of nitrogens with zero attached hydrogens (tertiary/aromatic N) is 3. The van der Waals surface area contributed by atoms with Crippen molar-refractivity contribution in [2.75, 3.05) is 37.0 Å². The van der Waals surface area contributed by atoms with Crippen LogP contribution in [0.15, 0.2) is 47.8 Å². The van der Waals surface area contributed by atoms with Crippen LogP contribution in [0.25, 0.3) is 10.6 Å². The molecular formula is C21H25N5OS. The van der Waals surface area contributed by atoms with E-state index in [-0.39, 0.29) is 11.9 Å². The fourth-order valence-electron chi connectivity index (χ4n) is 3.48. The van der Waals surface area contributed by atoms with Crippen molar-refractivity contribution in [1.29, 1.82) is 0 Å². The van der Waals surface area contributed by atoms with Gasteiger partial charge >= 0.3 is 0 Å². The van der Waals surface area contributed by atoms with Crippen molar-refractivity contribution in [2.24, 2.45) is 0 Å². The number of aromatic amines is 1. The van der Waals surface area contributed by atoms with Crippen LogP contribution in [0, 0.1) is 0 Å². The molecule has 1 aliphatic heterocycles. The fourth-order valence-corrected chi connectivity index (χ4v) is 4.17. The highest BCUT2D eigenvalue weighted by molar-refractivity contribution is 7.13. The van der Waals surface area contributed by atoms with Gasteiger partial charge < -0.3 is 15.1 Å². The number of H-pyrrole nitrogens is 1. The second-order valence-electron chi connectivity index (χ2n) is 7.30. The Hall–Kier alpha value is -2.80. The van der Waals surface area contributed by atoms with Crippen molar-refractivity contribution in [1.82, 2.24) is 15.5 Å². The minimum absolute atomic E-state index is 0.00176. The number of piperidine rings is 1. The number of nitrogens with one attached hydrogen (secondary N) is 2. The molecule has 146 valence electrons. The minimum atomic E-state index is 0.00176. The first-order valence-corrected chi connectivity index (χ1v) is 10.4. The zero-order valence-electron chi connectivity index (χ0n) is 16.2. The highest BCUT2D eigenvalue weighted by Gasteiger charge is 2.23. The zero-order chi connectivity index (χ0) is 19.5. The van der Waals surface area contributed by atoms with Crippen LogP contribution in [-0.4, -0.2) is 49.3 Å². The molecule has 2 aromatic heterocycles. The van der Waals surface area contributed by atoms with E-state index < -0.39 is 0 Å². The molecule has 0 spiro atoms. The molecule has 4 rings (SSSR count). The van der Waals surface area contributed by atoms with Crippen LogP contribution in [-0.2, 0) is 0 Å². The highest BCUT2D eigenvalue weighted by Crippen LogP contribution is 2.27. The molecule has 0 aliphatic carbocycles. The monoisotopic (exact) mass is 395 g/mol. The Morgan fingerprint density at radius 2 is 2.04 bits per heavy atom. The zero-order valence-corrected chi connectivity index (χ0v) is 17.0. The fraction of sp³-hybridized carbons (Fsp3) is 0.333. The van der Waals surface area contributed by atoms with Gasteiger partial charge in [0.25, 0.3) is 5.91 Å². The van der Waals surface area contributed by atoms with E-state index in [0.29, 0.717) is 5.56 Å². The Morgan fingerprint density at radius 1 is 1.21 bits per heavy atom. The molecule has 0 unspecified atom stereocenters. The topological polar surface area (TPSA) is 64.3 Å². The van der Waals surface area contributed by atoms with E-state index in [9.17, 15) is 4.79 Å². The number of aromatic nitrogens is 2. The molecule has 0 saturated carbocycles. The number of carbonyl (C=O) groups is 1. The molecule has 3 aromatic rings. The summed E-state index contributed by atoms with van der Waals surface area (Å²) in [5.74, 6) is 0.980. The van der Waals surface area contributed by atoms with Gasteiger partial charge in [0, 0.05) is 50.5 Å². The number of hydrogen-bond acceptors (Lipinski definition) is 5. The second kappa shape index (κ2) is 8.06. The average Bonchev–Trinajstić information content (AvgIpc) is 3.40. The van der Waals surface area contributed by atoms with Gasteiger partial charge in [-0.2, -0.15) is 5.10 Å². The lowest BCUT2D eigenvalue weighted by Crippen LogP contribution is -2.44. The van der Waals surface area contributed by atoms with Crippen molar-refractivity contribution < 1.29 is 4.79 Å². The van der Waals surface area contributed by atoms with E-state index in [2.05, 4.69) is 37.9 Å². The number of anilines is 2. The van der Waals surface area contributed by atoms with E-state index in [0.717, 1.165) is 43.1 Å². The minimum Gasteiger partial charge on any atom is -0.378 e. The van der Waals surface area contributed by atoms with E-state index in [1.165, 1.54) is 4.88 Å². The van der Waals surface area contributed by atoms with Crippen LogP contribution < -0.4 is 15.1 Å². The Labute approximate surface area is 169 Å². The van der Waals surface area contributed by atoms with E-state index in [1.54, 1.807) is 11.3 Å². The standard InChI is InChI=1S/C21H25N5OS/c1-25(2)17-6-3-5-15(13-17)21(27)22-16-8-10-26(11-9-16)20-14-18(23-24-20)19-7-4-12-28-19/h3-7,12-14,16H,8-11H2,1-2H3,(H,22,27)(H,23,24). The van der Waals surface area contributed by atoms with Crippen LogP contribution in [0.5, 0.6) is 0 Å². The first kappa shape index (κ1) is 18.6. The van der Waals surface area contributed by atoms with Crippen molar-refractivity contribution in [3.63, 3.8) is 0 Å². The van der Waals surface area contributed by atoms with Gasteiger partial charge in [0.15, 0.2) is 5.82 Å². The third-order valence-electron chi connectivity index (χ3n) is 5.13. The summed E-state index contributed by atoms with van der Waals surface area (Å²) in [4.78, 5) is 18.1. The Balaban J connectivity index is 1.33. The van der Waals surface area contributed by atoms with Gasteiger partial charge in [0.2, 0.25) is 0 Å². The average molecular weight is 396 g/mol. The van der Waals surface area contributed by atoms with Crippen LogP contribution in [0.2, 0.25) is 0 Å². The van der Waals surface area contributed by atoms with Crippen molar-refractivity contribution in [3.8, 4) is 10.6 Å². The molecular weight excluding hydrogens is 370 g/mol. The normalized spacial score (nSPS) is 14.9. The lowest BCUT2D eigenvalue weighted by Gasteiger charge is -2.32. The van der Waals surface area contributed by atoms with Gasteiger partial charge in [-0.25, -0.2) is 0 Å². The Morgan fingerprint density at radius 3 is 2.75 bits per heavy atom. The number of benzene rings is 1. The molecule has 1 aromatic carbocycles. The number of rotatable bonds is 5. The van der Waals surface area contributed by atoms with Crippen molar-refractivity contribution in [3.05, 3.63) is 53.4 Å². The van der Waals surface area contributed by atoms with Crippen molar-refractivity contribution in [2.45, 2.75) is 18.9 Å². The SMILES string of the molecule is CN(C)c1cccc(C(=O)NC2CCN(c3cc(-c4cccs4)[nH]n3)CC2)c1. The largest absolute Gasteiger partial charge is 0.378 e. The summed E-state index contributed by atoms with van der Waals surface area (Å²) in [7, 11) is 3.96. The van der Waals surface area contributed by atoms with Gasteiger partial charge in [-0.3, -0.25) is 9.89 Å². The summed E-state index contributed by atoms with van der Waals surface area (Å²) in [5, 5.41) is 12.9. The predicted molar refractivity (Wildman–Crippen MR) is 115 cm³/mol. The first-order chi connectivity index (χ1) is 13.6.